The van der Waals surface area contributed by atoms with Crippen LogP contribution in [0.1, 0.15) is 36.8 Å². The van der Waals surface area contributed by atoms with Crippen molar-refractivity contribution < 1.29 is 4.39 Å². The molecule has 0 amide bonds. The van der Waals surface area contributed by atoms with Gasteiger partial charge in [-0.15, -0.1) is 0 Å². The van der Waals surface area contributed by atoms with Gasteiger partial charge in [-0.1, -0.05) is 13.8 Å². The lowest BCUT2D eigenvalue weighted by atomic mass is 10.1. The molecule has 0 aliphatic carbocycles. The molecule has 0 aliphatic heterocycles. The topological polar surface area (TPSA) is 62.6 Å². The van der Waals surface area contributed by atoms with E-state index in [4.69, 9.17) is 9.97 Å². The molecule has 146 valence electrons. The van der Waals surface area contributed by atoms with E-state index in [1.54, 1.807) is 0 Å². The molecule has 0 atom stereocenters. The van der Waals surface area contributed by atoms with Crippen molar-refractivity contribution in [1.29, 1.82) is 0 Å². The number of fused-ring (bicyclic) bond motifs is 2. The van der Waals surface area contributed by atoms with Crippen LogP contribution in [0, 0.1) is 13.8 Å². The number of pyridine rings is 1. The Balaban J connectivity index is 2.04. The van der Waals surface area contributed by atoms with E-state index in [1.807, 2.05) is 31.1 Å². The quantitative estimate of drug-likeness (QED) is 0.556. The fourth-order valence-electron chi connectivity index (χ4n) is 3.69. The zero-order valence-corrected chi connectivity index (χ0v) is 16.9. The molecule has 7 heteroatoms. The minimum absolute atomic E-state index is 0.203. The van der Waals surface area contributed by atoms with Crippen molar-refractivity contribution in [3.63, 3.8) is 0 Å². The van der Waals surface area contributed by atoms with Gasteiger partial charge in [0.1, 0.15) is 18.0 Å². The maximum absolute atomic E-state index is 13.0. The third-order valence-electron chi connectivity index (χ3n) is 5.09. The summed E-state index contributed by atoms with van der Waals surface area (Å²) in [6, 6.07) is 6.21. The number of nitrogens with zero attached hydrogens (tertiary/aromatic N) is 5. The van der Waals surface area contributed by atoms with Gasteiger partial charge >= 0.3 is 0 Å². The number of alkyl halides is 1. The summed E-state index contributed by atoms with van der Waals surface area (Å²) in [6.45, 7) is 8.19. The van der Waals surface area contributed by atoms with Crippen molar-refractivity contribution in [2.45, 2.75) is 33.6 Å². The first-order valence-electron chi connectivity index (χ1n) is 9.52. The monoisotopic (exact) mass is 380 g/mol. The molecule has 1 aromatic carbocycles. The molecule has 3 heterocycles. The van der Waals surface area contributed by atoms with E-state index in [0.29, 0.717) is 6.54 Å². The van der Waals surface area contributed by atoms with Crippen LogP contribution in [-0.4, -0.2) is 45.0 Å². The molecule has 0 saturated heterocycles. The molecule has 0 spiro atoms. The average molecular weight is 380 g/mol. The van der Waals surface area contributed by atoms with Crippen LogP contribution in [0.5, 0.6) is 0 Å². The molecule has 0 bridgehead atoms. The molecule has 0 unspecified atom stereocenters. The second-order valence-corrected chi connectivity index (χ2v) is 7.62. The Labute approximate surface area is 163 Å². The number of hydrogen-bond donors (Lipinski definition) is 1. The number of hydrogen-bond acceptors (Lipinski definition) is 4. The molecule has 3 aromatic heterocycles. The van der Waals surface area contributed by atoms with Gasteiger partial charge in [0.05, 0.1) is 17.4 Å². The predicted molar refractivity (Wildman–Crippen MR) is 111 cm³/mol. The summed E-state index contributed by atoms with van der Waals surface area (Å²) in [7, 11) is 1.89. The molecule has 1 N–H and O–H groups in total. The summed E-state index contributed by atoms with van der Waals surface area (Å²) >= 11 is 0. The Morgan fingerprint density at radius 1 is 1.18 bits per heavy atom. The maximum Gasteiger partial charge on any atom is 0.167 e. The van der Waals surface area contributed by atoms with Gasteiger partial charge in [0, 0.05) is 36.3 Å². The van der Waals surface area contributed by atoms with Gasteiger partial charge in [0.2, 0.25) is 0 Å². The minimum atomic E-state index is -0.409. The number of imidazole rings is 1. The highest BCUT2D eigenvalue weighted by Gasteiger charge is 2.21. The molecule has 0 saturated carbocycles. The van der Waals surface area contributed by atoms with Gasteiger partial charge < -0.3 is 4.90 Å². The van der Waals surface area contributed by atoms with E-state index >= 15 is 0 Å². The number of nitrogens with one attached hydrogen (secondary N) is 1. The van der Waals surface area contributed by atoms with Crippen molar-refractivity contribution in [3.05, 3.63) is 41.5 Å². The standard InChI is InChI=1S/C21H25FN6/c1-12(2)20-25-19-17(27(5)7-6-22)9-14(4)24-21(19)28(20)16-8-13(3)18-15(10-16)11-23-26-18/h8-12H,6-7H2,1-5H3,(H,23,26). The number of benzene rings is 1. The zero-order chi connectivity index (χ0) is 20.0. The summed E-state index contributed by atoms with van der Waals surface area (Å²) in [5, 5.41) is 8.27. The number of halogens is 1. The van der Waals surface area contributed by atoms with E-state index < -0.39 is 6.67 Å². The summed E-state index contributed by atoms with van der Waals surface area (Å²) in [6.07, 6.45) is 1.83. The average Bonchev–Trinajstić information content (AvgIpc) is 3.25. The highest BCUT2D eigenvalue weighted by atomic mass is 19.1. The van der Waals surface area contributed by atoms with Gasteiger partial charge in [-0.3, -0.25) is 9.67 Å². The number of H-pyrrole nitrogens is 1. The first-order chi connectivity index (χ1) is 13.4. The first kappa shape index (κ1) is 18.4. The van der Waals surface area contributed by atoms with Crippen LogP contribution in [0.3, 0.4) is 0 Å². The fraction of sp³-hybridized carbons (Fsp3) is 0.381. The maximum atomic E-state index is 13.0. The smallest absolute Gasteiger partial charge is 0.167 e. The van der Waals surface area contributed by atoms with Crippen molar-refractivity contribution in [3.8, 4) is 5.69 Å². The lowest BCUT2D eigenvalue weighted by molar-refractivity contribution is 0.497. The van der Waals surface area contributed by atoms with Crippen molar-refractivity contribution in [2.24, 2.45) is 0 Å². The van der Waals surface area contributed by atoms with Crippen LogP contribution in [0.2, 0.25) is 0 Å². The second kappa shape index (κ2) is 6.89. The molecule has 0 radical (unpaired) electrons. The lowest BCUT2D eigenvalue weighted by Crippen LogP contribution is -2.20. The van der Waals surface area contributed by atoms with E-state index in [-0.39, 0.29) is 5.92 Å². The van der Waals surface area contributed by atoms with Crippen molar-refractivity contribution in [1.82, 2.24) is 24.7 Å². The molecule has 4 aromatic rings. The summed E-state index contributed by atoms with van der Waals surface area (Å²) in [5.41, 5.74) is 6.54. The summed E-state index contributed by atoms with van der Waals surface area (Å²) in [4.78, 5) is 11.7. The van der Waals surface area contributed by atoms with Gasteiger partial charge in [0.15, 0.2) is 5.65 Å². The number of rotatable bonds is 5. The second-order valence-electron chi connectivity index (χ2n) is 7.62. The van der Waals surface area contributed by atoms with Crippen molar-refractivity contribution >= 4 is 27.8 Å². The van der Waals surface area contributed by atoms with Gasteiger partial charge in [-0.05, 0) is 37.6 Å². The highest BCUT2D eigenvalue weighted by molar-refractivity contribution is 5.90. The van der Waals surface area contributed by atoms with Crippen LogP contribution in [0.15, 0.2) is 24.4 Å². The van der Waals surface area contributed by atoms with Crippen LogP contribution >= 0.6 is 0 Å². The summed E-state index contributed by atoms with van der Waals surface area (Å²) in [5.74, 6) is 1.14. The molecular weight excluding hydrogens is 355 g/mol. The molecule has 0 fully saturated rings. The van der Waals surface area contributed by atoms with E-state index in [0.717, 1.165) is 50.5 Å². The zero-order valence-electron chi connectivity index (χ0n) is 16.9. The van der Waals surface area contributed by atoms with Crippen LogP contribution in [0.4, 0.5) is 10.1 Å². The fourth-order valence-corrected chi connectivity index (χ4v) is 3.69. The Hall–Kier alpha value is -2.96. The van der Waals surface area contributed by atoms with Crippen LogP contribution in [0.25, 0.3) is 27.8 Å². The van der Waals surface area contributed by atoms with E-state index in [2.05, 4.69) is 47.7 Å². The molecule has 28 heavy (non-hydrogen) atoms. The normalized spacial score (nSPS) is 11.8. The minimum Gasteiger partial charge on any atom is -0.370 e. The Morgan fingerprint density at radius 2 is 1.96 bits per heavy atom. The number of aryl methyl sites for hydroxylation is 2. The number of aromatic nitrogens is 5. The Kier molecular flexibility index (Phi) is 4.53. The molecule has 4 rings (SSSR count). The van der Waals surface area contributed by atoms with Crippen LogP contribution in [-0.2, 0) is 0 Å². The highest BCUT2D eigenvalue weighted by Crippen LogP contribution is 2.32. The Morgan fingerprint density at radius 3 is 2.68 bits per heavy atom. The third kappa shape index (κ3) is 2.91. The van der Waals surface area contributed by atoms with Gasteiger partial charge in [-0.2, -0.15) is 5.10 Å². The molecule has 6 nitrogen and oxygen atoms in total. The third-order valence-corrected chi connectivity index (χ3v) is 5.09. The first-order valence-corrected chi connectivity index (χ1v) is 9.52. The number of anilines is 1. The van der Waals surface area contributed by atoms with Gasteiger partial charge in [-0.25, -0.2) is 14.4 Å². The Bertz CT molecular complexity index is 1160. The van der Waals surface area contributed by atoms with Crippen molar-refractivity contribution in [2.75, 3.05) is 25.2 Å². The lowest BCUT2D eigenvalue weighted by Gasteiger charge is -2.18. The number of aromatic amines is 1. The molecular formula is C21H25FN6. The van der Waals surface area contributed by atoms with Gasteiger partial charge in [0.25, 0.3) is 0 Å². The van der Waals surface area contributed by atoms with E-state index in [1.165, 1.54) is 0 Å². The molecule has 0 aliphatic rings. The van der Waals surface area contributed by atoms with Crippen LogP contribution < -0.4 is 4.90 Å². The largest absolute Gasteiger partial charge is 0.370 e. The summed E-state index contributed by atoms with van der Waals surface area (Å²) < 4.78 is 15.1. The van der Waals surface area contributed by atoms with E-state index in [9.17, 15) is 4.39 Å². The predicted octanol–water partition coefficient (Wildman–Crippen LogP) is 4.44. The SMILES string of the molecule is Cc1cc(N(C)CCF)c2nc(C(C)C)n(-c3cc(C)c4[nH]ncc4c3)c2n1.